The van der Waals surface area contributed by atoms with Crippen LogP contribution in [-0.4, -0.2) is 76.5 Å². The predicted octanol–water partition coefficient (Wildman–Crippen LogP) is 3.99. The van der Waals surface area contributed by atoms with Gasteiger partial charge in [0.05, 0.1) is 31.1 Å². The minimum atomic E-state index is -4.81. The van der Waals surface area contributed by atoms with E-state index in [1.54, 1.807) is 18.5 Å². The molecule has 5 N–H and O–H groups in total. The summed E-state index contributed by atoms with van der Waals surface area (Å²) in [5.41, 5.74) is 3.83. The van der Waals surface area contributed by atoms with Gasteiger partial charge in [0.1, 0.15) is 18.1 Å². The first-order valence-electron chi connectivity index (χ1n) is 13.0. The van der Waals surface area contributed by atoms with Crippen LogP contribution in [0.3, 0.4) is 0 Å². The number of aromatic amines is 1. The van der Waals surface area contributed by atoms with Gasteiger partial charge in [0, 0.05) is 48.5 Å². The summed E-state index contributed by atoms with van der Waals surface area (Å²) in [5, 5.41) is 40.5. The van der Waals surface area contributed by atoms with Crippen LogP contribution in [0.25, 0.3) is 22.0 Å². The second-order valence-electron chi connectivity index (χ2n) is 9.01. The van der Waals surface area contributed by atoms with Crippen molar-refractivity contribution < 1.29 is 37.6 Å². The number of aromatic hydroxyl groups is 1. The maximum Gasteiger partial charge on any atom is 0.573 e. The number of aliphatic hydroxyl groups is 1. The number of alkyl halides is 3. The second-order valence-corrected chi connectivity index (χ2v) is 9.01. The molecule has 2 aromatic heterocycles. The van der Waals surface area contributed by atoms with Crippen molar-refractivity contribution in [1.82, 2.24) is 25.7 Å². The van der Waals surface area contributed by atoms with Gasteiger partial charge >= 0.3 is 6.36 Å². The largest absolute Gasteiger partial charge is 0.573 e. The van der Waals surface area contributed by atoms with Gasteiger partial charge in [-0.05, 0) is 54.8 Å². The molecule has 2 aromatic carbocycles. The summed E-state index contributed by atoms with van der Waals surface area (Å²) in [5.74, 6) is -0.345. The Morgan fingerprint density at radius 1 is 0.902 bits per heavy atom. The molecule has 41 heavy (non-hydrogen) atoms. The van der Waals surface area contributed by atoms with Gasteiger partial charge in [-0.25, -0.2) is 0 Å². The molecule has 4 rings (SSSR count). The van der Waals surface area contributed by atoms with Crippen LogP contribution in [0.4, 0.5) is 18.9 Å². The van der Waals surface area contributed by atoms with Crippen LogP contribution < -0.4 is 20.1 Å². The number of aromatic nitrogens is 4. The van der Waals surface area contributed by atoms with Crippen LogP contribution >= 0.6 is 0 Å². The molecule has 0 atom stereocenters. The molecule has 11 nitrogen and oxygen atoms in total. The maximum absolute atomic E-state index is 12.6. The number of rotatable bonds is 16. The molecule has 0 amide bonds. The standard InChI is InChI=1S/C27H31F3N6O5/c28-27(29,30)41-22-10-18(9-21(14-22)40-8-5-37)15-31-3-1-2-6-39-7-4-32-24-11-19(12-25-23(24)17-34-35-25)20-13-26(38)36-33-16-20/h9-14,16-17,31-32,37H,1-8,15H2,(H,34,35)(H,36,38). The van der Waals surface area contributed by atoms with Crippen LogP contribution in [0.1, 0.15) is 18.4 Å². The summed E-state index contributed by atoms with van der Waals surface area (Å²) in [4.78, 5) is 0. The molecule has 0 spiro atoms. The zero-order chi connectivity index (χ0) is 29.1. The number of ether oxygens (including phenoxy) is 3. The lowest BCUT2D eigenvalue weighted by Gasteiger charge is -2.14. The molecular weight excluding hydrogens is 545 g/mol. The molecule has 0 saturated carbocycles. The number of halogens is 3. The molecular formula is C27H31F3N6O5. The minimum absolute atomic E-state index is 0.0351. The smallest absolute Gasteiger partial charge is 0.492 e. The Balaban J connectivity index is 1.16. The summed E-state index contributed by atoms with van der Waals surface area (Å²) in [6.45, 7) is 2.28. The molecule has 0 aliphatic rings. The fraction of sp³-hybridized carbons (Fsp3) is 0.370. The molecule has 0 aliphatic carbocycles. The first-order chi connectivity index (χ1) is 19.8. The van der Waals surface area contributed by atoms with E-state index in [4.69, 9.17) is 14.6 Å². The topological polar surface area (TPSA) is 147 Å². The number of hydrogen-bond acceptors (Lipinski definition) is 10. The molecule has 0 saturated heterocycles. The van der Waals surface area contributed by atoms with E-state index in [-0.39, 0.29) is 30.6 Å². The normalized spacial score (nSPS) is 11.6. The van der Waals surface area contributed by atoms with Crippen molar-refractivity contribution in [3.05, 3.63) is 54.4 Å². The summed E-state index contributed by atoms with van der Waals surface area (Å²) in [6, 6.07) is 9.45. The number of fused-ring (bicyclic) bond motifs is 1. The van der Waals surface area contributed by atoms with Crippen LogP contribution in [0.5, 0.6) is 17.4 Å². The third kappa shape index (κ3) is 9.48. The Morgan fingerprint density at radius 2 is 1.76 bits per heavy atom. The number of anilines is 1. The van der Waals surface area contributed by atoms with E-state index >= 15 is 0 Å². The van der Waals surface area contributed by atoms with Crippen molar-refractivity contribution in [1.29, 1.82) is 0 Å². The van der Waals surface area contributed by atoms with E-state index in [1.807, 2.05) is 12.1 Å². The highest BCUT2D eigenvalue weighted by Crippen LogP contribution is 2.31. The highest BCUT2D eigenvalue weighted by Gasteiger charge is 2.31. The summed E-state index contributed by atoms with van der Waals surface area (Å²) in [7, 11) is 0. The van der Waals surface area contributed by atoms with Gasteiger partial charge in [-0.3, -0.25) is 5.10 Å². The first kappa shape index (κ1) is 29.8. The van der Waals surface area contributed by atoms with Crippen molar-refractivity contribution in [3.63, 3.8) is 0 Å². The number of H-pyrrole nitrogens is 1. The van der Waals surface area contributed by atoms with Gasteiger partial charge in [-0.1, -0.05) is 0 Å². The van der Waals surface area contributed by atoms with Crippen molar-refractivity contribution in [2.75, 3.05) is 44.8 Å². The lowest BCUT2D eigenvalue weighted by molar-refractivity contribution is -0.274. The van der Waals surface area contributed by atoms with Crippen LogP contribution in [0, 0.1) is 0 Å². The van der Waals surface area contributed by atoms with E-state index in [9.17, 15) is 18.3 Å². The average molecular weight is 577 g/mol. The fourth-order valence-corrected chi connectivity index (χ4v) is 4.10. The van der Waals surface area contributed by atoms with Crippen molar-refractivity contribution in [2.45, 2.75) is 25.7 Å². The van der Waals surface area contributed by atoms with Gasteiger partial charge in [-0.2, -0.15) is 10.2 Å². The highest BCUT2D eigenvalue weighted by atomic mass is 19.4. The molecule has 4 aromatic rings. The summed E-state index contributed by atoms with van der Waals surface area (Å²) >= 11 is 0. The average Bonchev–Trinajstić information content (AvgIpc) is 3.41. The Kier molecular flexibility index (Phi) is 10.5. The van der Waals surface area contributed by atoms with Gasteiger partial charge in [0.25, 0.3) is 0 Å². The van der Waals surface area contributed by atoms with E-state index in [2.05, 4.69) is 35.8 Å². The Bertz CT molecular complexity index is 1400. The Morgan fingerprint density at radius 3 is 2.56 bits per heavy atom. The van der Waals surface area contributed by atoms with E-state index in [1.165, 1.54) is 12.1 Å². The number of unbranched alkanes of at least 4 members (excludes halogenated alkanes) is 1. The summed E-state index contributed by atoms with van der Waals surface area (Å²) < 4.78 is 52.9. The molecule has 0 radical (unpaired) electrons. The van der Waals surface area contributed by atoms with Crippen molar-refractivity contribution in [2.24, 2.45) is 0 Å². The minimum Gasteiger partial charge on any atom is -0.492 e. The third-order valence-corrected chi connectivity index (χ3v) is 5.85. The van der Waals surface area contributed by atoms with Gasteiger partial charge in [0.2, 0.25) is 5.88 Å². The molecule has 14 heteroatoms. The summed E-state index contributed by atoms with van der Waals surface area (Å²) in [6.07, 6.45) is 0.108. The third-order valence-electron chi connectivity index (χ3n) is 5.85. The number of nitrogens with one attached hydrogen (secondary N) is 3. The molecule has 0 aliphatic heterocycles. The van der Waals surface area contributed by atoms with Crippen molar-refractivity contribution in [3.8, 4) is 28.5 Å². The first-order valence-corrected chi connectivity index (χ1v) is 13.0. The Hall–Kier alpha value is -4.14. The molecule has 0 fully saturated rings. The van der Waals surface area contributed by atoms with Crippen LogP contribution in [0.2, 0.25) is 0 Å². The number of benzene rings is 2. The second kappa shape index (κ2) is 14.5. The number of aliphatic hydroxyl groups excluding tert-OH is 1. The molecule has 220 valence electrons. The van der Waals surface area contributed by atoms with E-state index in [0.29, 0.717) is 38.4 Å². The lowest BCUT2D eigenvalue weighted by atomic mass is 10.0. The molecule has 0 bridgehead atoms. The van der Waals surface area contributed by atoms with Gasteiger partial charge in [-0.15, -0.1) is 18.3 Å². The zero-order valence-electron chi connectivity index (χ0n) is 22.1. The van der Waals surface area contributed by atoms with E-state index < -0.39 is 6.36 Å². The van der Waals surface area contributed by atoms with Gasteiger partial charge in [0.15, 0.2) is 0 Å². The van der Waals surface area contributed by atoms with Crippen molar-refractivity contribution >= 4 is 16.6 Å². The number of hydrogen-bond donors (Lipinski definition) is 5. The maximum atomic E-state index is 12.6. The SMILES string of the molecule is OCCOc1cc(CNCCCCOCCNc2cc(-c3cnnc(O)c3)cc3[nH]ncc23)cc(OC(F)(F)F)c1. The fourth-order valence-electron chi connectivity index (χ4n) is 4.10. The van der Waals surface area contributed by atoms with Crippen LogP contribution in [0.15, 0.2) is 48.8 Å². The quantitative estimate of drug-likeness (QED) is 0.124. The monoisotopic (exact) mass is 576 g/mol. The molecule has 2 heterocycles. The number of nitrogens with zero attached hydrogens (tertiary/aromatic N) is 3. The van der Waals surface area contributed by atoms with Gasteiger partial charge < -0.3 is 35.1 Å². The predicted molar refractivity (Wildman–Crippen MR) is 145 cm³/mol. The lowest BCUT2D eigenvalue weighted by Crippen LogP contribution is -2.18. The Labute approximate surface area is 233 Å². The van der Waals surface area contributed by atoms with E-state index in [0.717, 1.165) is 46.6 Å². The highest BCUT2D eigenvalue weighted by molar-refractivity contribution is 5.95. The molecule has 0 unspecified atom stereocenters. The van der Waals surface area contributed by atoms with Crippen LogP contribution in [-0.2, 0) is 11.3 Å². The zero-order valence-corrected chi connectivity index (χ0v) is 22.1.